The number of nitrogens with one attached hydrogen (secondary N) is 1. The molecular formula is C18H14ClF6N3O2. The summed E-state index contributed by atoms with van der Waals surface area (Å²) in [6, 6.07) is 7.09. The zero-order valence-corrected chi connectivity index (χ0v) is 16.2. The van der Waals surface area contributed by atoms with Gasteiger partial charge in [0, 0.05) is 13.2 Å². The lowest BCUT2D eigenvalue weighted by Gasteiger charge is -2.29. The Labute approximate surface area is 171 Å². The quantitative estimate of drug-likeness (QED) is 0.359. The van der Waals surface area contributed by atoms with Crippen molar-refractivity contribution in [1.29, 1.82) is 5.26 Å². The summed E-state index contributed by atoms with van der Waals surface area (Å²) in [4.78, 5) is 12.2. The average molecular weight is 454 g/mol. The molecule has 0 atom stereocenters. The van der Waals surface area contributed by atoms with E-state index in [-0.39, 0.29) is 18.0 Å². The molecule has 2 rings (SSSR count). The minimum Gasteiger partial charge on any atom is -0.462 e. The van der Waals surface area contributed by atoms with Gasteiger partial charge in [-0.25, -0.2) is 4.79 Å². The van der Waals surface area contributed by atoms with Crippen LogP contribution >= 0.6 is 11.6 Å². The number of aromatic nitrogens is 1. The van der Waals surface area contributed by atoms with Gasteiger partial charge in [-0.1, -0.05) is 12.1 Å². The first-order valence-corrected chi connectivity index (χ1v) is 8.65. The molecule has 5 nitrogen and oxygen atoms in total. The molecule has 1 aromatic heterocycles. The normalized spacial score (nSPS) is 12.4. The lowest BCUT2D eigenvalue weighted by atomic mass is 9.98. The molecule has 0 radical (unpaired) electrons. The smallest absolute Gasteiger partial charge is 0.390 e. The second-order valence-corrected chi connectivity index (χ2v) is 6.36. The maximum Gasteiger partial charge on any atom is 0.390 e. The number of benzene rings is 1. The Morgan fingerprint density at radius 3 is 2.33 bits per heavy atom. The summed E-state index contributed by atoms with van der Waals surface area (Å²) in [5, 5.41) is 6.46. The predicted molar refractivity (Wildman–Crippen MR) is 95.6 cm³/mol. The fourth-order valence-electron chi connectivity index (χ4n) is 2.72. The van der Waals surface area contributed by atoms with Crippen LogP contribution in [0.4, 0.5) is 32.0 Å². The minimum absolute atomic E-state index is 0.0186. The molecule has 0 saturated carbocycles. The molecule has 162 valence electrons. The second kappa shape index (κ2) is 8.10. The van der Waals surface area contributed by atoms with Gasteiger partial charge in [0.25, 0.3) is 0 Å². The van der Waals surface area contributed by atoms with Gasteiger partial charge >= 0.3 is 23.2 Å². The van der Waals surface area contributed by atoms with Crippen molar-refractivity contribution in [3.63, 3.8) is 0 Å². The van der Waals surface area contributed by atoms with Crippen LogP contribution in [-0.2, 0) is 10.7 Å². The Balaban J connectivity index is 2.93. The highest BCUT2D eigenvalue weighted by Gasteiger charge is 2.73. The topological polar surface area (TPSA) is 67.0 Å². The summed E-state index contributed by atoms with van der Waals surface area (Å²) < 4.78 is 89.1. The van der Waals surface area contributed by atoms with Gasteiger partial charge < -0.3 is 14.6 Å². The fraction of sp³-hybridized carbons (Fsp3) is 0.333. The molecule has 2 aromatic rings. The number of carbonyl (C=O) groups is 1. The molecular weight excluding hydrogens is 440 g/mol. The minimum atomic E-state index is -6.14. The fourth-order valence-corrected chi connectivity index (χ4v) is 2.84. The zero-order chi connectivity index (χ0) is 22.9. The van der Waals surface area contributed by atoms with Crippen LogP contribution in [0.2, 0.25) is 0 Å². The third-order valence-electron chi connectivity index (χ3n) is 4.10. The van der Waals surface area contributed by atoms with Crippen molar-refractivity contribution in [1.82, 2.24) is 4.57 Å². The molecule has 30 heavy (non-hydrogen) atoms. The molecule has 0 aliphatic carbocycles. The number of ether oxygens (including phenoxy) is 1. The SMILES string of the molecule is CCOC(=O)c1cn(-c2ccccc2NC)c(C#N)c1C(F)(F)C(F)(F)C(F)(F)Cl. The Morgan fingerprint density at radius 1 is 1.23 bits per heavy atom. The zero-order valence-electron chi connectivity index (χ0n) is 15.5. The number of halogens is 7. The van der Waals surface area contributed by atoms with E-state index in [4.69, 9.17) is 0 Å². The highest BCUT2D eigenvalue weighted by Crippen LogP contribution is 2.54. The van der Waals surface area contributed by atoms with Crippen molar-refractivity contribution < 1.29 is 35.9 Å². The largest absolute Gasteiger partial charge is 0.462 e. The van der Waals surface area contributed by atoms with E-state index in [1.807, 2.05) is 0 Å². The maximum atomic E-state index is 14.7. The molecule has 12 heteroatoms. The van der Waals surface area contributed by atoms with Gasteiger partial charge in [-0.3, -0.25) is 0 Å². The van der Waals surface area contributed by atoms with Gasteiger partial charge in [0.2, 0.25) is 0 Å². The van der Waals surface area contributed by atoms with E-state index in [9.17, 15) is 36.4 Å². The third kappa shape index (κ3) is 3.67. The Kier molecular flexibility index (Phi) is 6.32. The number of anilines is 1. The molecule has 0 bridgehead atoms. The van der Waals surface area contributed by atoms with Crippen molar-refractivity contribution in [3.05, 3.63) is 47.3 Å². The summed E-state index contributed by atoms with van der Waals surface area (Å²) >= 11 is 4.24. The third-order valence-corrected chi connectivity index (χ3v) is 4.34. The standard InChI is InChI=1S/C18H14ClF6N3O2/c1-3-30-15(29)10-9-28(12-7-5-4-6-11(12)27-2)13(8-26)14(10)16(20,21)17(22,23)18(19,24)25/h4-7,9,27H,3H2,1-2H3. The summed E-state index contributed by atoms with van der Waals surface area (Å²) in [6.07, 6.45) is 0.651. The van der Waals surface area contributed by atoms with Crippen molar-refractivity contribution >= 4 is 23.3 Å². The molecule has 0 aliphatic rings. The van der Waals surface area contributed by atoms with Gasteiger partial charge in [-0.15, -0.1) is 0 Å². The van der Waals surface area contributed by atoms with E-state index < -0.39 is 40.0 Å². The van der Waals surface area contributed by atoms with E-state index in [0.29, 0.717) is 10.8 Å². The molecule has 1 heterocycles. The average Bonchev–Trinajstić information content (AvgIpc) is 3.07. The van der Waals surface area contributed by atoms with Crippen LogP contribution in [0, 0.1) is 11.3 Å². The molecule has 0 fully saturated rings. The van der Waals surface area contributed by atoms with Crippen LogP contribution in [0.15, 0.2) is 30.5 Å². The number of alkyl halides is 7. The monoisotopic (exact) mass is 453 g/mol. The van der Waals surface area contributed by atoms with Gasteiger partial charge in [0.1, 0.15) is 11.8 Å². The maximum absolute atomic E-state index is 14.7. The van der Waals surface area contributed by atoms with Gasteiger partial charge in [0.05, 0.1) is 29.1 Å². The summed E-state index contributed by atoms with van der Waals surface area (Å²) in [7, 11) is 1.46. The number of hydrogen-bond acceptors (Lipinski definition) is 4. The van der Waals surface area contributed by atoms with Gasteiger partial charge in [-0.2, -0.15) is 31.6 Å². The van der Waals surface area contributed by atoms with E-state index >= 15 is 0 Å². The van der Waals surface area contributed by atoms with Crippen LogP contribution in [0.5, 0.6) is 0 Å². The number of carbonyl (C=O) groups excluding carboxylic acids is 1. The molecule has 0 aliphatic heterocycles. The molecule has 0 amide bonds. The summed E-state index contributed by atoms with van der Waals surface area (Å²) in [5.74, 6) is -13.3. The first-order valence-electron chi connectivity index (χ1n) is 8.27. The Morgan fingerprint density at radius 2 is 1.83 bits per heavy atom. The van der Waals surface area contributed by atoms with Crippen molar-refractivity contribution in [2.45, 2.75) is 24.2 Å². The molecule has 1 aromatic carbocycles. The van der Waals surface area contributed by atoms with Crippen LogP contribution < -0.4 is 5.32 Å². The van der Waals surface area contributed by atoms with Crippen molar-refractivity contribution in [2.75, 3.05) is 19.0 Å². The number of para-hydroxylation sites is 2. The first kappa shape index (κ1) is 23.4. The first-order chi connectivity index (χ1) is 13.8. The molecule has 1 N–H and O–H groups in total. The number of rotatable bonds is 7. The van der Waals surface area contributed by atoms with Crippen LogP contribution in [0.1, 0.15) is 28.5 Å². The number of nitriles is 1. The Bertz CT molecular complexity index is 995. The molecule has 0 spiro atoms. The van der Waals surface area contributed by atoms with Crippen LogP contribution in [0.25, 0.3) is 5.69 Å². The highest BCUT2D eigenvalue weighted by atomic mass is 35.5. The lowest BCUT2D eigenvalue weighted by molar-refractivity contribution is -0.286. The van der Waals surface area contributed by atoms with E-state index in [1.165, 1.54) is 38.2 Å². The molecule has 0 saturated heterocycles. The van der Waals surface area contributed by atoms with Crippen LogP contribution in [0.3, 0.4) is 0 Å². The van der Waals surface area contributed by atoms with Crippen LogP contribution in [-0.4, -0.2) is 35.5 Å². The number of nitrogens with zero attached hydrogens (tertiary/aromatic N) is 2. The number of esters is 1. The predicted octanol–water partition coefficient (Wildman–Crippen LogP) is 5.13. The highest BCUT2D eigenvalue weighted by molar-refractivity contribution is 6.22. The summed E-state index contributed by atoms with van der Waals surface area (Å²) in [5.41, 5.74) is -3.97. The van der Waals surface area contributed by atoms with Gasteiger partial charge in [-0.05, 0) is 30.7 Å². The Hall–Kier alpha value is -2.87. The summed E-state index contributed by atoms with van der Waals surface area (Å²) in [6.45, 7) is 0.988. The second-order valence-electron chi connectivity index (χ2n) is 5.88. The van der Waals surface area contributed by atoms with E-state index in [0.717, 1.165) is 0 Å². The molecule has 0 unspecified atom stereocenters. The van der Waals surface area contributed by atoms with Crippen molar-refractivity contribution in [2.24, 2.45) is 0 Å². The lowest BCUT2D eigenvalue weighted by Crippen LogP contribution is -2.50. The van der Waals surface area contributed by atoms with Crippen molar-refractivity contribution in [3.8, 4) is 11.8 Å². The van der Waals surface area contributed by atoms with E-state index in [1.54, 1.807) is 6.07 Å². The van der Waals surface area contributed by atoms with Gasteiger partial charge in [0.15, 0.2) is 0 Å². The van der Waals surface area contributed by atoms with E-state index in [2.05, 4.69) is 21.7 Å². The number of hydrogen-bond donors (Lipinski definition) is 1.